The van der Waals surface area contributed by atoms with Crippen LogP contribution in [-0.2, 0) is 9.84 Å². The molecule has 1 saturated heterocycles. The summed E-state index contributed by atoms with van der Waals surface area (Å²) in [6, 6.07) is 14.7. The fraction of sp³-hybridized carbons (Fsp3) is 0.263. The smallest absolute Gasteiger partial charge is 0.255 e. The predicted molar refractivity (Wildman–Crippen MR) is 117 cm³/mol. The second kappa shape index (κ2) is 7.81. The highest BCUT2D eigenvalue weighted by Crippen LogP contribution is 2.34. The molecule has 0 aromatic heterocycles. The second-order valence-corrected chi connectivity index (χ2v) is 10.9. The largest absolute Gasteiger partial charge is 0.335 e. The van der Waals surface area contributed by atoms with Gasteiger partial charge in [0.2, 0.25) is 0 Å². The molecule has 2 aliphatic heterocycles. The van der Waals surface area contributed by atoms with Gasteiger partial charge in [0.05, 0.1) is 17.5 Å². The van der Waals surface area contributed by atoms with E-state index < -0.39 is 9.84 Å². The molecule has 2 aromatic rings. The molecule has 2 aromatic carbocycles. The van der Waals surface area contributed by atoms with E-state index >= 15 is 0 Å². The van der Waals surface area contributed by atoms with Crippen molar-refractivity contribution in [2.75, 3.05) is 28.4 Å². The number of carbonyl (C=O) groups excluding carboxylic acids is 1. The van der Waals surface area contributed by atoms with E-state index in [1.165, 1.54) is 11.8 Å². The first-order valence-electron chi connectivity index (χ1n) is 8.69. The summed E-state index contributed by atoms with van der Waals surface area (Å²) in [4.78, 5) is 18.2. The lowest BCUT2D eigenvalue weighted by molar-refractivity contribution is 0.102. The number of amidine groups is 1. The minimum atomic E-state index is -2.96. The Labute approximate surface area is 172 Å². The van der Waals surface area contributed by atoms with Gasteiger partial charge in [-0.3, -0.25) is 9.79 Å². The van der Waals surface area contributed by atoms with Gasteiger partial charge in [0, 0.05) is 27.1 Å². The topological polar surface area (TPSA) is 87.6 Å². The summed E-state index contributed by atoms with van der Waals surface area (Å²) in [5.41, 5.74) is 2.03. The standard InChI is InChI=1S/C19H19N3O3S3/c1-26-15-7-3-6-14(9-15)20-18(23)12-4-2-5-13(8-12)21-19-22-16-10-28(24,25)11-17(16)27-19/h2-9,16-17H,10-11H2,1H3,(H,20,23)(H,21,22)/t16-,17-/m0/s1. The van der Waals surface area contributed by atoms with Crippen molar-refractivity contribution in [3.05, 3.63) is 54.1 Å². The molecule has 0 aliphatic carbocycles. The Morgan fingerprint density at radius 1 is 1.14 bits per heavy atom. The summed E-state index contributed by atoms with van der Waals surface area (Å²) < 4.78 is 23.3. The van der Waals surface area contributed by atoms with Crippen molar-refractivity contribution >= 4 is 55.8 Å². The van der Waals surface area contributed by atoms with Crippen LogP contribution in [0.4, 0.5) is 11.4 Å². The average Bonchev–Trinajstić information content (AvgIpc) is 3.14. The van der Waals surface area contributed by atoms with Crippen LogP contribution in [0.15, 0.2) is 58.4 Å². The minimum absolute atomic E-state index is 0.0114. The SMILES string of the molecule is CSc1cccc(NC(=O)c2cccc(NC3=N[C@H]4CS(=O)(=O)C[C@@H]4S3)c2)c1. The number of aliphatic imine (C=N–C) groups is 1. The fourth-order valence-electron chi connectivity index (χ4n) is 3.18. The Morgan fingerprint density at radius 2 is 1.93 bits per heavy atom. The summed E-state index contributed by atoms with van der Waals surface area (Å²) in [5, 5.41) is 6.81. The molecule has 0 bridgehead atoms. The quantitative estimate of drug-likeness (QED) is 0.719. The van der Waals surface area contributed by atoms with Crippen molar-refractivity contribution in [3.8, 4) is 0 Å². The Bertz CT molecular complexity index is 1050. The zero-order valence-electron chi connectivity index (χ0n) is 15.1. The molecule has 0 radical (unpaired) electrons. The molecule has 2 N–H and O–H groups in total. The van der Waals surface area contributed by atoms with Gasteiger partial charge in [-0.05, 0) is 42.7 Å². The summed E-state index contributed by atoms with van der Waals surface area (Å²) in [5.74, 6) is 0.105. The molecular weight excluding hydrogens is 414 g/mol. The van der Waals surface area contributed by atoms with E-state index in [-0.39, 0.29) is 28.7 Å². The van der Waals surface area contributed by atoms with Crippen LogP contribution in [0.5, 0.6) is 0 Å². The van der Waals surface area contributed by atoms with Crippen molar-refractivity contribution in [1.29, 1.82) is 0 Å². The van der Waals surface area contributed by atoms with Crippen LogP contribution in [0.1, 0.15) is 10.4 Å². The van der Waals surface area contributed by atoms with Gasteiger partial charge in [0.1, 0.15) is 0 Å². The maximum Gasteiger partial charge on any atom is 0.255 e. The van der Waals surface area contributed by atoms with Crippen LogP contribution in [0, 0.1) is 0 Å². The number of sulfone groups is 1. The van der Waals surface area contributed by atoms with Gasteiger partial charge in [0.25, 0.3) is 5.91 Å². The number of nitrogens with one attached hydrogen (secondary N) is 2. The highest BCUT2D eigenvalue weighted by atomic mass is 32.2. The number of carbonyl (C=O) groups is 1. The number of hydrogen-bond donors (Lipinski definition) is 2. The zero-order chi connectivity index (χ0) is 19.7. The maximum absolute atomic E-state index is 12.6. The van der Waals surface area contributed by atoms with Gasteiger partial charge < -0.3 is 10.6 Å². The van der Waals surface area contributed by atoms with Crippen LogP contribution in [0.3, 0.4) is 0 Å². The van der Waals surface area contributed by atoms with Gasteiger partial charge in [-0.2, -0.15) is 0 Å². The maximum atomic E-state index is 12.6. The summed E-state index contributed by atoms with van der Waals surface area (Å²) in [6.45, 7) is 0. The van der Waals surface area contributed by atoms with Crippen molar-refractivity contribution in [1.82, 2.24) is 0 Å². The third-order valence-electron chi connectivity index (χ3n) is 4.52. The Hall–Kier alpha value is -1.97. The van der Waals surface area contributed by atoms with Crippen LogP contribution in [0.2, 0.25) is 0 Å². The molecule has 1 fully saturated rings. The Kier molecular flexibility index (Phi) is 5.39. The Morgan fingerprint density at radius 3 is 2.71 bits per heavy atom. The third-order valence-corrected chi connectivity index (χ3v) is 8.39. The number of thioether (sulfide) groups is 2. The number of anilines is 2. The highest BCUT2D eigenvalue weighted by molar-refractivity contribution is 8.15. The minimum Gasteiger partial charge on any atom is -0.335 e. The van der Waals surface area contributed by atoms with E-state index in [9.17, 15) is 13.2 Å². The van der Waals surface area contributed by atoms with Gasteiger partial charge in [-0.25, -0.2) is 8.42 Å². The lowest BCUT2D eigenvalue weighted by atomic mass is 10.2. The number of rotatable bonds is 4. The van der Waals surface area contributed by atoms with E-state index in [0.29, 0.717) is 10.7 Å². The lowest BCUT2D eigenvalue weighted by Crippen LogP contribution is -2.14. The number of nitrogens with zero attached hydrogens (tertiary/aromatic N) is 1. The number of fused-ring (bicyclic) bond motifs is 1. The molecule has 0 spiro atoms. The molecule has 2 atom stereocenters. The van der Waals surface area contributed by atoms with Crippen LogP contribution < -0.4 is 10.6 Å². The van der Waals surface area contributed by atoms with E-state index in [0.717, 1.165) is 16.3 Å². The first kappa shape index (κ1) is 19.4. The molecule has 0 saturated carbocycles. The fourth-order valence-corrected chi connectivity index (χ4v) is 7.32. The van der Waals surface area contributed by atoms with E-state index in [1.54, 1.807) is 30.0 Å². The molecule has 6 nitrogen and oxygen atoms in total. The molecular formula is C19H19N3O3S3. The van der Waals surface area contributed by atoms with Crippen molar-refractivity contribution in [3.63, 3.8) is 0 Å². The molecule has 146 valence electrons. The first-order valence-corrected chi connectivity index (χ1v) is 12.6. The number of hydrogen-bond acceptors (Lipinski definition) is 7. The van der Waals surface area contributed by atoms with Crippen LogP contribution in [-0.4, -0.2) is 48.5 Å². The third kappa shape index (κ3) is 4.37. The van der Waals surface area contributed by atoms with Crippen molar-refractivity contribution in [2.24, 2.45) is 4.99 Å². The van der Waals surface area contributed by atoms with Crippen LogP contribution in [0.25, 0.3) is 0 Å². The average molecular weight is 434 g/mol. The van der Waals surface area contributed by atoms with Crippen molar-refractivity contribution in [2.45, 2.75) is 16.2 Å². The van der Waals surface area contributed by atoms with Crippen molar-refractivity contribution < 1.29 is 13.2 Å². The second-order valence-electron chi connectivity index (χ2n) is 6.63. The number of benzene rings is 2. The Balaban J connectivity index is 1.44. The number of amides is 1. The summed E-state index contributed by atoms with van der Waals surface area (Å²) in [7, 11) is -2.96. The van der Waals surface area contributed by atoms with Gasteiger partial charge in [0.15, 0.2) is 15.0 Å². The molecule has 28 heavy (non-hydrogen) atoms. The molecule has 9 heteroatoms. The summed E-state index contributed by atoms with van der Waals surface area (Å²) >= 11 is 3.07. The molecule has 1 amide bonds. The molecule has 2 aliphatic rings. The van der Waals surface area contributed by atoms with Gasteiger partial charge in [-0.1, -0.05) is 23.9 Å². The van der Waals surface area contributed by atoms with E-state index in [4.69, 9.17) is 0 Å². The summed E-state index contributed by atoms with van der Waals surface area (Å²) in [6.07, 6.45) is 1.99. The van der Waals surface area contributed by atoms with E-state index in [1.807, 2.05) is 36.6 Å². The van der Waals surface area contributed by atoms with Gasteiger partial charge in [-0.15, -0.1) is 11.8 Å². The molecule has 4 rings (SSSR count). The predicted octanol–water partition coefficient (Wildman–Crippen LogP) is 3.34. The highest BCUT2D eigenvalue weighted by Gasteiger charge is 2.42. The normalized spacial score (nSPS) is 22.4. The van der Waals surface area contributed by atoms with E-state index in [2.05, 4.69) is 15.6 Å². The van der Waals surface area contributed by atoms with Crippen LogP contribution >= 0.6 is 23.5 Å². The first-order chi connectivity index (χ1) is 13.4. The zero-order valence-corrected chi connectivity index (χ0v) is 17.5. The molecule has 2 heterocycles. The lowest BCUT2D eigenvalue weighted by Gasteiger charge is -2.10. The molecule has 0 unspecified atom stereocenters. The van der Waals surface area contributed by atoms with Gasteiger partial charge >= 0.3 is 0 Å². The monoisotopic (exact) mass is 433 g/mol.